The molecule has 25 heavy (non-hydrogen) atoms. The third-order valence-electron chi connectivity index (χ3n) is 4.54. The van der Waals surface area contributed by atoms with Gasteiger partial charge in [0, 0.05) is 12.3 Å². The van der Waals surface area contributed by atoms with E-state index in [1.54, 1.807) is 14.0 Å². The van der Waals surface area contributed by atoms with Gasteiger partial charge in [0.2, 0.25) is 0 Å². The van der Waals surface area contributed by atoms with Crippen molar-refractivity contribution in [1.29, 1.82) is 0 Å². The maximum absolute atomic E-state index is 11.8. The Morgan fingerprint density at radius 2 is 2.04 bits per heavy atom. The lowest BCUT2D eigenvalue weighted by Crippen LogP contribution is -2.46. The van der Waals surface area contributed by atoms with Gasteiger partial charge in [0.15, 0.2) is 0 Å². The minimum atomic E-state index is -0.323. The summed E-state index contributed by atoms with van der Waals surface area (Å²) < 4.78 is 22.1. The van der Waals surface area contributed by atoms with E-state index >= 15 is 0 Å². The number of esters is 1. The molecule has 140 valence electrons. The summed E-state index contributed by atoms with van der Waals surface area (Å²) in [5.41, 5.74) is 1.04. The first kappa shape index (κ1) is 19.7. The van der Waals surface area contributed by atoms with E-state index in [4.69, 9.17) is 18.9 Å². The number of aliphatic hydroxyl groups is 1. The van der Waals surface area contributed by atoms with Crippen LogP contribution in [0.25, 0.3) is 0 Å². The topological polar surface area (TPSA) is 74.2 Å². The van der Waals surface area contributed by atoms with Crippen LogP contribution in [0.2, 0.25) is 0 Å². The standard InChI is InChI=1S/C19H28O6/c1-4-23-19(21)10-18-13(2)17(9-16(11-20)25-18)24-12-14-5-7-15(22-3)8-6-14/h5-8,13,16-18,20H,4,9-12H2,1-3H3/t13-,16+,17+,18+/m1/s1. The highest BCUT2D eigenvalue weighted by Gasteiger charge is 2.37. The van der Waals surface area contributed by atoms with Crippen LogP contribution in [0.15, 0.2) is 24.3 Å². The van der Waals surface area contributed by atoms with Crippen molar-refractivity contribution in [3.63, 3.8) is 0 Å². The summed E-state index contributed by atoms with van der Waals surface area (Å²) in [6.07, 6.45) is 0.0517. The van der Waals surface area contributed by atoms with Crippen LogP contribution >= 0.6 is 0 Å². The Morgan fingerprint density at radius 3 is 2.64 bits per heavy atom. The quantitative estimate of drug-likeness (QED) is 0.724. The third-order valence-corrected chi connectivity index (χ3v) is 4.54. The first-order valence-corrected chi connectivity index (χ1v) is 8.73. The molecule has 0 aliphatic carbocycles. The van der Waals surface area contributed by atoms with Gasteiger partial charge < -0.3 is 24.1 Å². The predicted molar refractivity (Wildman–Crippen MR) is 92.3 cm³/mol. The molecule has 0 amide bonds. The highest BCUT2D eigenvalue weighted by Crippen LogP contribution is 2.30. The smallest absolute Gasteiger partial charge is 0.308 e. The number of benzene rings is 1. The van der Waals surface area contributed by atoms with Crippen LogP contribution in [-0.4, -0.2) is 49.7 Å². The maximum atomic E-state index is 11.8. The molecule has 1 aromatic rings. The number of carbonyl (C=O) groups excluding carboxylic acids is 1. The molecule has 1 aliphatic rings. The molecule has 1 aliphatic heterocycles. The molecule has 0 saturated carbocycles. The second-order valence-electron chi connectivity index (χ2n) is 6.28. The van der Waals surface area contributed by atoms with Crippen molar-refractivity contribution in [3.05, 3.63) is 29.8 Å². The summed E-state index contributed by atoms with van der Waals surface area (Å²) in [6, 6.07) is 7.71. The molecule has 1 fully saturated rings. The van der Waals surface area contributed by atoms with Gasteiger partial charge in [-0.05, 0) is 24.6 Å². The summed E-state index contributed by atoms with van der Waals surface area (Å²) in [5.74, 6) is 0.551. The number of aliphatic hydroxyl groups excluding tert-OH is 1. The minimum Gasteiger partial charge on any atom is -0.497 e. The lowest BCUT2D eigenvalue weighted by atomic mass is 9.88. The summed E-state index contributed by atoms with van der Waals surface area (Å²) in [7, 11) is 1.63. The molecule has 1 heterocycles. The second-order valence-corrected chi connectivity index (χ2v) is 6.28. The average Bonchev–Trinajstić information content (AvgIpc) is 2.63. The monoisotopic (exact) mass is 352 g/mol. The molecule has 6 nitrogen and oxygen atoms in total. The number of rotatable bonds is 8. The van der Waals surface area contributed by atoms with Crippen molar-refractivity contribution in [3.8, 4) is 5.75 Å². The predicted octanol–water partition coefficient (Wildman–Crippen LogP) is 2.32. The van der Waals surface area contributed by atoms with Gasteiger partial charge in [0.25, 0.3) is 0 Å². The Morgan fingerprint density at radius 1 is 1.32 bits per heavy atom. The third kappa shape index (κ3) is 5.70. The Balaban J connectivity index is 1.95. The summed E-state index contributed by atoms with van der Waals surface area (Å²) in [4.78, 5) is 11.8. The van der Waals surface area contributed by atoms with Crippen molar-refractivity contribution < 1.29 is 28.8 Å². The van der Waals surface area contributed by atoms with Gasteiger partial charge in [0.1, 0.15) is 5.75 Å². The molecule has 6 heteroatoms. The lowest BCUT2D eigenvalue weighted by molar-refractivity contribution is -0.175. The minimum absolute atomic E-state index is 0.0328. The van der Waals surface area contributed by atoms with Crippen molar-refractivity contribution in [2.45, 2.75) is 51.6 Å². The zero-order valence-electron chi connectivity index (χ0n) is 15.1. The van der Waals surface area contributed by atoms with Crippen LogP contribution < -0.4 is 4.74 Å². The van der Waals surface area contributed by atoms with Crippen LogP contribution in [0, 0.1) is 5.92 Å². The number of carbonyl (C=O) groups is 1. The van der Waals surface area contributed by atoms with E-state index in [9.17, 15) is 9.90 Å². The highest BCUT2D eigenvalue weighted by atomic mass is 16.5. The molecule has 1 saturated heterocycles. The maximum Gasteiger partial charge on any atom is 0.308 e. The molecule has 0 spiro atoms. The number of ether oxygens (including phenoxy) is 4. The van der Waals surface area contributed by atoms with E-state index in [1.165, 1.54) is 0 Å². The summed E-state index contributed by atoms with van der Waals surface area (Å²) in [5, 5.41) is 9.48. The van der Waals surface area contributed by atoms with Crippen LogP contribution in [-0.2, 0) is 25.6 Å². The lowest BCUT2D eigenvalue weighted by Gasteiger charge is -2.39. The molecule has 1 aromatic carbocycles. The first-order chi connectivity index (χ1) is 12.1. The summed E-state index contributed by atoms with van der Waals surface area (Å²) in [6.45, 7) is 4.51. The zero-order chi connectivity index (χ0) is 18.2. The zero-order valence-corrected chi connectivity index (χ0v) is 15.1. The Kier molecular flexibility index (Phi) is 7.68. The first-order valence-electron chi connectivity index (χ1n) is 8.73. The fourth-order valence-corrected chi connectivity index (χ4v) is 3.02. The molecular weight excluding hydrogens is 324 g/mol. The normalized spacial score (nSPS) is 26.2. The van der Waals surface area contributed by atoms with Gasteiger partial charge in [-0.3, -0.25) is 4.79 Å². The van der Waals surface area contributed by atoms with E-state index in [1.807, 2.05) is 31.2 Å². The van der Waals surface area contributed by atoms with E-state index in [0.29, 0.717) is 19.6 Å². The van der Waals surface area contributed by atoms with Crippen LogP contribution in [0.4, 0.5) is 0 Å². The molecule has 2 rings (SSSR count). The number of hydrogen-bond acceptors (Lipinski definition) is 6. The molecule has 0 unspecified atom stereocenters. The van der Waals surface area contributed by atoms with Gasteiger partial charge in [-0.1, -0.05) is 19.1 Å². The Bertz CT molecular complexity index is 529. The second kappa shape index (κ2) is 9.75. The van der Waals surface area contributed by atoms with E-state index < -0.39 is 0 Å². The Labute approximate surface area is 149 Å². The molecule has 0 aromatic heterocycles. The van der Waals surface area contributed by atoms with Crippen LogP contribution in [0.1, 0.15) is 32.3 Å². The van der Waals surface area contributed by atoms with Crippen molar-refractivity contribution in [2.75, 3.05) is 20.3 Å². The van der Waals surface area contributed by atoms with E-state index in [2.05, 4.69) is 0 Å². The van der Waals surface area contributed by atoms with Crippen LogP contribution in [0.3, 0.4) is 0 Å². The SMILES string of the molecule is CCOC(=O)C[C@@H]1O[C@H](CO)C[C@H](OCc2ccc(OC)cc2)[C@H]1C. The van der Waals surface area contributed by atoms with Gasteiger partial charge in [-0.15, -0.1) is 0 Å². The van der Waals surface area contributed by atoms with Crippen molar-refractivity contribution in [2.24, 2.45) is 5.92 Å². The largest absolute Gasteiger partial charge is 0.497 e. The average molecular weight is 352 g/mol. The van der Waals surface area contributed by atoms with Crippen molar-refractivity contribution in [1.82, 2.24) is 0 Å². The molecular formula is C19H28O6. The molecule has 1 N–H and O–H groups in total. The number of methoxy groups -OCH3 is 1. The molecule has 0 bridgehead atoms. The van der Waals surface area contributed by atoms with Gasteiger partial charge in [0.05, 0.1) is 51.7 Å². The van der Waals surface area contributed by atoms with E-state index in [-0.39, 0.29) is 43.2 Å². The number of hydrogen-bond donors (Lipinski definition) is 1. The molecule has 0 radical (unpaired) electrons. The van der Waals surface area contributed by atoms with Crippen molar-refractivity contribution >= 4 is 5.97 Å². The highest BCUT2D eigenvalue weighted by molar-refractivity contribution is 5.70. The van der Waals surface area contributed by atoms with E-state index in [0.717, 1.165) is 11.3 Å². The van der Waals surface area contributed by atoms with Gasteiger partial charge in [-0.25, -0.2) is 0 Å². The summed E-state index contributed by atoms with van der Waals surface area (Å²) >= 11 is 0. The molecule has 4 atom stereocenters. The van der Waals surface area contributed by atoms with Crippen LogP contribution in [0.5, 0.6) is 5.75 Å². The van der Waals surface area contributed by atoms with Gasteiger partial charge >= 0.3 is 5.97 Å². The van der Waals surface area contributed by atoms with Gasteiger partial charge in [-0.2, -0.15) is 0 Å². The fraction of sp³-hybridized carbons (Fsp3) is 0.632. The fourth-order valence-electron chi connectivity index (χ4n) is 3.02. The Hall–Kier alpha value is -1.63.